The monoisotopic (exact) mass is 783 g/mol. The molecule has 3 aromatic rings. The van der Waals surface area contributed by atoms with Gasteiger partial charge >= 0.3 is 0 Å². The van der Waals surface area contributed by atoms with Gasteiger partial charge in [-0.05, 0) is 109 Å². The Bertz CT molecular complexity index is 2260. The molecule has 2 saturated heterocycles. The molecule has 6 aliphatic rings. The fraction of sp³-hybridized carbons (Fsp3) is 0.432. The summed E-state index contributed by atoms with van der Waals surface area (Å²) in [7, 11) is 0. The average Bonchev–Trinajstić information content (AvgIpc) is 3.88. The summed E-state index contributed by atoms with van der Waals surface area (Å²) in [6, 6.07) is 16.6. The minimum Gasteiger partial charge on any atom is -0.490 e. The number of carbonyl (C=O) groups is 6. The van der Waals surface area contributed by atoms with Crippen LogP contribution in [0.4, 0.5) is 5.69 Å². The van der Waals surface area contributed by atoms with E-state index in [0.29, 0.717) is 38.3 Å². The van der Waals surface area contributed by atoms with Crippen LogP contribution in [0.25, 0.3) is 0 Å². The van der Waals surface area contributed by atoms with Crippen LogP contribution in [0.1, 0.15) is 104 Å². The molecular weight excluding hydrogens is 739 g/mol. The van der Waals surface area contributed by atoms with Crippen LogP contribution in [0.2, 0.25) is 0 Å². The van der Waals surface area contributed by atoms with Gasteiger partial charge in [0.15, 0.2) is 0 Å². The standard InChI is InChI=1S/C44H45N7O7/c1-2-26-18-34(7-3-27(26)21-45)58-33-8-4-31(5-9-33)50-24-30-17-32(6-10-35(30)42(50)55)48-15-13-47(14-16-48)25-40(53)49-22-28-19-36-37(20-29(28)23-49)44(57)51(43(36)56)38-11-12-39(52)46-41(38)54/h3,6-7,10,17-20,31,33,38H,2,4-5,8-9,11-16,22-25H2,1H3,(H,46,52,54)/t31-,33-,38?. The molecule has 5 heterocycles. The maximum Gasteiger partial charge on any atom is 0.262 e. The number of amides is 6. The Morgan fingerprint density at radius 2 is 1.50 bits per heavy atom. The molecule has 6 amide bonds. The first-order chi connectivity index (χ1) is 28.1. The molecule has 14 heteroatoms. The lowest BCUT2D eigenvalue weighted by molar-refractivity contribution is -0.136. The van der Waals surface area contributed by atoms with Crippen LogP contribution in [-0.2, 0) is 40.4 Å². The van der Waals surface area contributed by atoms with Gasteiger partial charge in [0.2, 0.25) is 17.7 Å². The number of fused-ring (bicyclic) bond motifs is 3. The van der Waals surface area contributed by atoms with Crippen molar-refractivity contribution >= 4 is 41.1 Å². The Labute approximate surface area is 336 Å². The lowest BCUT2D eigenvalue weighted by Crippen LogP contribution is -2.54. The van der Waals surface area contributed by atoms with Gasteiger partial charge in [-0.15, -0.1) is 0 Å². The van der Waals surface area contributed by atoms with E-state index < -0.39 is 29.7 Å². The van der Waals surface area contributed by atoms with Crippen LogP contribution >= 0.6 is 0 Å². The molecule has 1 saturated carbocycles. The molecule has 3 aromatic carbocycles. The summed E-state index contributed by atoms with van der Waals surface area (Å²) in [4.78, 5) is 86.9. The van der Waals surface area contributed by atoms with Crippen molar-refractivity contribution in [1.29, 1.82) is 5.26 Å². The van der Waals surface area contributed by atoms with E-state index in [0.717, 1.165) is 89.3 Å². The molecule has 3 fully saturated rings. The van der Waals surface area contributed by atoms with Crippen molar-refractivity contribution in [2.75, 3.05) is 37.6 Å². The number of carbonyl (C=O) groups excluding carboxylic acids is 6. The van der Waals surface area contributed by atoms with E-state index in [2.05, 4.69) is 27.3 Å². The Morgan fingerprint density at radius 3 is 2.16 bits per heavy atom. The lowest BCUT2D eigenvalue weighted by atomic mass is 9.91. The first-order valence-corrected chi connectivity index (χ1v) is 20.3. The molecule has 0 bridgehead atoms. The van der Waals surface area contributed by atoms with E-state index in [1.807, 2.05) is 42.2 Å². The van der Waals surface area contributed by atoms with Crippen LogP contribution in [0, 0.1) is 11.3 Å². The van der Waals surface area contributed by atoms with Crippen molar-refractivity contribution in [1.82, 2.24) is 24.9 Å². The number of aryl methyl sites for hydroxylation is 1. The van der Waals surface area contributed by atoms with Crippen LogP contribution in [0.5, 0.6) is 5.75 Å². The van der Waals surface area contributed by atoms with Crippen LogP contribution in [0.3, 0.4) is 0 Å². The zero-order valence-corrected chi connectivity index (χ0v) is 32.5. The summed E-state index contributed by atoms with van der Waals surface area (Å²) in [6.45, 7) is 6.46. The summed E-state index contributed by atoms with van der Waals surface area (Å²) in [5, 5.41) is 11.6. The first-order valence-electron chi connectivity index (χ1n) is 20.3. The molecule has 0 spiro atoms. The molecular formula is C44H45N7O7. The fourth-order valence-corrected chi connectivity index (χ4v) is 9.53. The first kappa shape index (κ1) is 37.5. The third kappa shape index (κ3) is 6.76. The topological polar surface area (TPSA) is 164 Å². The minimum atomic E-state index is -1.02. The van der Waals surface area contributed by atoms with Gasteiger partial charge in [0.25, 0.3) is 17.7 Å². The van der Waals surface area contributed by atoms with Crippen molar-refractivity contribution in [2.45, 2.75) is 89.7 Å². The molecule has 58 heavy (non-hydrogen) atoms. The van der Waals surface area contributed by atoms with Gasteiger partial charge in [-0.2, -0.15) is 5.26 Å². The van der Waals surface area contributed by atoms with Crippen molar-refractivity contribution in [3.05, 3.63) is 93.0 Å². The number of nitrogens with one attached hydrogen (secondary N) is 1. The molecule has 1 aliphatic carbocycles. The molecule has 1 atom stereocenters. The number of nitrogens with zero attached hydrogens (tertiary/aromatic N) is 6. The van der Waals surface area contributed by atoms with E-state index >= 15 is 0 Å². The Hall–Kier alpha value is -6.07. The molecule has 5 aliphatic heterocycles. The highest BCUT2D eigenvalue weighted by Gasteiger charge is 2.45. The molecule has 298 valence electrons. The number of benzene rings is 3. The van der Waals surface area contributed by atoms with Crippen molar-refractivity contribution in [3.8, 4) is 11.8 Å². The van der Waals surface area contributed by atoms with Gasteiger partial charge in [-0.25, -0.2) is 0 Å². The zero-order valence-electron chi connectivity index (χ0n) is 32.5. The summed E-state index contributed by atoms with van der Waals surface area (Å²) in [5.41, 5.74) is 6.64. The molecule has 14 nitrogen and oxygen atoms in total. The highest BCUT2D eigenvalue weighted by molar-refractivity contribution is 6.23. The Morgan fingerprint density at radius 1 is 0.793 bits per heavy atom. The molecule has 9 rings (SSSR count). The quantitative estimate of drug-likeness (QED) is 0.335. The minimum absolute atomic E-state index is 0.0238. The van der Waals surface area contributed by atoms with Crippen LogP contribution < -0.4 is 15.0 Å². The number of nitriles is 1. The van der Waals surface area contributed by atoms with Gasteiger partial charge < -0.3 is 19.4 Å². The number of hydrogen-bond donors (Lipinski definition) is 1. The second-order valence-electron chi connectivity index (χ2n) is 16.2. The van der Waals surface area contributed by atoms with E-state index in [1.165, 1.54) is 0 Å². The van der Waals surface area contributed by atoms with Gasteiger partial charge in [0.1, 0.15) is 11.8 Å². The highest BCUT2D eigenvalue weighted by atomic mass is 16.5. The molecule has 0 aromatic heterocycles. The second-order valence-corrected chi connectivity index (χ2v) is 16.2. The molecule has 1 unspecified atom stereocenters. The number of piperazine rings is 1. The van der Waals surface area contributed by atoms with E-state index in [1.54, 1.807) is 17.0 Å². The van der Waals surface area contributed by atoms with Crippen LogP contribution in [0.15, 0.2) is 48.5 Å². The van der Waals surface area contributed by atoms with Gasteiger partial charge in [-0.1, -0.05) is 6.92 Å². The summed E-state index contributed by atoms with van der Waals surface area (Å²) < 4.78 is 6.31. The molecule has 1 N–H and O–H groups in total. The fourth-order valence-electron chi connectivity index (χ4n) is 9.53. The number of piperidine rings is 1. The zero-order chi connectivity index (χ0) is 40.2. The van der Waals surface area contributed by atoms with Gasteiger partial charge in [0.05, 0.1) is 35.4 Å². The number of imide groups is 2. The number of anilines is 1. The van der Waals surface area contributed by atoms with E-state index in [-0.39, 0.29) is 54.5 Å². The number of ether oxygens (including phenoxy) is 1. The average molecular weight is 784 g/mol. The normalized spacial score (nSPS) is 23.2. The lowest BCUT2D eigenvalue weighted by Gasteiger charge is -2.36. The SMILES string of the molecule is CCc1cc(O[C@H]2CC[C@H](N3Cc4cc(N5CCN(CC(=O)N6Cc7cc8c(cc7C6)C(=O)N(C6CCC(=O)NC6=O)C8=O)CC5)ccc4C3=O)CC2)ccc1C#N. The van der Waals surface area contributed by atoms with Crippen molar-refractivity contribution in [3.63, 3.8) is 0 Å². The summed E-state index contributed by atoms with van der Waals surface area (Å²) >= 11 is 0. The predicted molar refractivity (Wildman–Crippen MR) is 210 cm³/mol. The van der Waals surface area contributed by atoms with E-state index in [4.69, 9.17) is 4.74 Å². The third-order valence-corrected chi connectivity index (χ3v) is 12.8. The molecule has 0 radical (unpaired) electrons. The summed E-state index contributed by atoms with van der Waals surface area (Å²) in [5.74, 6) is -1.30. The van der Waals surface area contributed by atoms with Gasteiger partial charge in [-0.3, -0.25) is 43.9 Å². The Kier molecular flexibility index (Phi) is 9.71. The second kappa shape index (κ2) is 15.0. The highest BCUT2D eigenvalue weighted by Crippen LogP contribution is 2.36. The van der Waals surface area contributed by atoms with Crippen molar-refractivity contribution < 1.29 is 33.5 Å². The third-order valence-electron chi connectivity index (χ3n) is 12.8. The Balaban J connectivity index is 0.752. The maximum absolute atomic E-state index is 13.5. The summed E-state index contributed by atoms with van der Waals surface area (Å²) in [6.07, 6.45) is 4.51. The largest absolute Gasteiger partial charge is 0.490 e. The van der Waals surface area contributed by atoms with Gasteiger partial charge in [0, 0.05) is 69.5 Å². The number of rotatable bonds is 8. The smallest absolute Gasteiger partial charge is 0.262 e. The number of hydrogen-bond acceptors (Lipinski definition) is 10. The predicted octanol–water partition coefficient (Wildman–Crippen LogP) is 3.53. The maximum atomic E-state index is 13.5. The van der Waals surface area contributed by atoms with E-state index in [9.17, 15) is 34.0 Å². The van der Waals surface area contributed by atoms with Crippen molar-refractivity contribution in [2.24, 2.45) is 0 Å². The van der Waals surface area contributed by atoms with Crippen LogP contribution in [-0.4, -0.2) is 106 Å².